The second-order valence-corrected chi connectivity index (χ2v) is 5.57. The zero-order valence-corrected chi connectivity index (χ0v) is 11.2. The van der Waals surface area contributed by atoms with Crippen LogP contribution in [0.3, 0.4) is 0 Å². The molecule has 2 aromatic rings. The lowest BCUT2D eigenvalue weighted by atomic mass is 10.1. The topological polar surface area (TPSA) is 89.6 Å². The summed E-state index contributed by atoms with van der Waals surface area (Å²) in [5.41, 5.74) is 8.44. The average Bonchev–Trinajstić information content (AvgIpc) is 2.92. The van der Waals surface area contributed by atoms with Gasteiger partial charge in [-0.3, -0.25) is 0 Å². The van der Waals surface area contributed by atoms with E-state index in [-0.39, 0.29) is 5.95 Å². The third kappa shape index (κ3) is 1.84. The van der Waals surface area contributed by atoms with Crippen LogP contribution in [0.1, 0.15) is 17.4 Å². The van der Waals surface area contributed by atoms with Crippen molar-refractivity contribution in [2.75, 3.05) is 18.8 Å². The summed E-state index contributed by atoms with van der Waals surface area (Å²) in [5.74, 6) is 3.17. The minimum absolute atomic E-state index is 0.280. The Morgan fingerprint density at radius 2 is 1.85 bits per heavy atom. The summed E-state index contributed by atoms with van der Waals surface area (Å²) in [5, 5.41) is 3.41. The predicted octanol–water partition coefficient (Wildman–Crippen LogP) is 0.757. The summed E-state index contributed by atoms with van der Waals surface area (Å²) >= 11 is 0. The SMILES string of the molecule is Cc1nc(-c2cnc(N)nc2)cc(C2C3CNC[C@H]32)n1. The van der Waals surface area contributed by atoms with Crippen LogP contribution < -0.4 is 11.1 Å². The van der Waals surface area contributed by atoms with Crippen LogP contribution >= 0.6 is 0 Å². The summed E-state index contributed by atoms with van der Waals surface area (Å²) in [6, 6.07) is 2.07. The molecule has 1 aliphatic heterocycles. The Labute approximate surface area is 116 Å². The lowest BCUT2D eigenvalue weighted by molar-refractivity contribution is 0.672. The van der Waals surface area contributed by atoms with E-state index in [2.05, 4.69) is 31.3 Å². The molecule has 3 N–H and O–H groups in total. The maximum Gasteiger partial charge on any atom is 0.219 e. The van der Waals surface area contributed by atoms with E-state index in [0.29, 0.717) is 5.92 Å². The molecule has 1 saturated carbocycles. The second kappa shape index (κ2) is 4.21. The molecule has 2 aliphatic rings. The van der Waals surface area contributed by atoms with Gasteiger partial charge in [-0.25, -0.2) is 19.9 Å². The molecule has 4 rings (SSSR count). The zero-order chi connectivity index (χ0) is 13.7. The van der Waals surface area contributed by atoms with Gasteiger partial charge in [0.2, 0.25) is 5.95 Å². The van der Waals surface area contributed by atoms with Crippen molar-refractivity contribution in [2.24, 2.45) is 11.8 Å². The number of piperidine rings is 1. The fourth-order valence-electron chi connectivity index (χ4n) is 3.24. The fraction of sp³-hybridized carbons (Fsp3) is 0.429. The number of fused-ring (bicyclic) bond motifs is 1. The van der Waals surface area contributed by atoms with Gasteiger partial charge in [-0.05, 0) is 37.9 Å². The standard InChI is InChI=1S/C14H16N6/c1-7-19-11(8-3-17-14(15)18-4-8)2-12(20-7)13-9-5-16-6-10(9)13/h2-4,9-10,13,16H,5-6H2,1H3,(H2,15,17,18)/t9-,10?,13?/m1/s1. The number of nitrogens with one attached hydrogen (secondary N) is 1. The largest absolute Gasteiger partial charge is 0.368 e. The number of aryl methyl sites for hydroxylation is 1. The lowest BCUT2D eigenvalue weighted by Crippen LogP contribution is -2.14. The molecule has 2 aromatic heterocycles. The average molecular weight is 268 g/mol. The maximum atomic E-state index is 5.52. The van der Waals surface area contributed by atoms with Gasteiger partial charge in [0.05, 0.1) is 5.69 Å². The van der Waals surface area contributed by atoms with E-state index in [9.17, 15) is 0 Å². The smallest absolute Gasteiger partial charge is 0.219 e. The molecule has 1 saturated heterocycles. The molecule has 0 radical (unpaired) electrons. The Morgan fingerprint density at radius 1 is 1.15 bits per heavy atom. The van der Waals surface area contributed by atoms with Gasteiger partial charge in [0.25, 0.3) is 0 Å². The first kappa shape index (κ1) is 11.7. The van der Waals surface area contributed by atoms with Crippen LogP contribution in [0.5, 0.6) is 0 Å². The van der Waals surface area contributed by atoms with Crippen LogP contribution in [0.15, 0.2) is 18.5 Å². The van der Waals surface area contributed by atoms with Gasteiger partial charge < -0.3 is 11.1 Å². The van der Waals surface area contributed by atoms with Crippen molar-refractivity contribution in [1.29, 1.82) is 0 Å². The number of nitrogen functional groups attached to an aromatic ring is 1. The lowest BCUT2D eigenvalue weighted by Gasteiger charge is -2.08. The molecule has 6 heteroatoms. The molecule has 2 fully saturated rings. The molecule has 2 unspecified atom stereocenters. The molecule has 0 aromatic carbocycles. The van der Waals surface area contributed by atoms with E-state index in [0.717, 1.165) is 47.7 Å². The molecule has 3 heterocycles. The normalized spacial score (nSPS) is 27.4. The monoisotopic (exact) mass is 268 g/mol. The van der Waals surface area contributed by atoms with Gasteiger partial charge in [0.1, 0.15) is 5.82 Å². The van der Waals surface area contributed by atoms with Gasteiger partial charge >= 0.3 is 0 Å². The van der Waals surface area contributed by atoms with Crippen LogP contribution in [0, 0.1) is 18.8 Å². The van der Waals surface area contributed by atoms with Crippen LogP contribution in [0.4, 0.5) is 5.95 Å². The van der Waals surface area contributed by atoms with Crippen LogP contribution in [-0.4, -0.2) is 33.0 Å². The van der Waals surface area contributed by atoms with Crippen molar-refractivity contribution < 1.29 is 0 Å². The van der Waals surface area contributed by atoms with Crippen molar-refractivity contribution in [3.63, 3.8) is 0 Å². The Morgan fingerprint density at radius 3 is 2.55 bits per heavy atom. The molecule has 3 atom stereocenters. The molecular weight excluding hydrogens is 252 g/mol. The van der Waals surface area contributed by atoms with Crippen molar-refractivity contribution in [2.45, 2.75) is 12.8 Å². The van der Waals surface area contributed by atoms with Gasteiger partial charge in [-0.1, -0.05) is 0 Å². The first-order valence-corrected chi connectivity index (χ1v) is 6.86. The summed E-state index contributed by atoms with van der Waals surface area (Å²) in [4.78, 5) is 17.2. The number of hydrogen-bond donors (Lipinski definition) is 2. The Kier molecular flexibility index (Phi) is 2.47. The minimum Gasteiger partial charge on any atom is -0.368 e. The summed E-state index contributed by atoms with van der Waals surface area (Å²) < 4.78 is 0. The number of anilines is 1. The minimum atomic E-state index is 0.280. The Bertz CT molecular complexity index is 643. The van der Waals surface area contributed by atoms with Gasteiger partial charge in [0, 0.05) is 29.6 Å². The number of nitrogens with zero attached hydrogens (tertiary/aromatic N) is 4. The first-order valence-electron chi connectivity index (χ1n) is 6.86. The van der Waals surface area contributed by atoms with E-state index in [1.807, 2.05) is 6.92 Å². The fourth-order valence-corrected chi connectivity index (χ4v) is 3.24. The molecule has 0 spiro atoms. The molecule has 0 amide bonds. The number of hydrogen-bond acceptors (Lipinski definition) is 6. The molecule has 1 aliphatic carbocycles. The van der Waals surface area contributed by atoms with E-state index < -0.39 is 0 Å². The Balaban J connectivity index is 1.70. The number of aromatic nitrogens is 4. The summed E-state index contributed by atoms with van der Waals surface area (Å²) in [7, 11) is 0. The van der Waals surface area contributed by atoms with Gasteiger partial charge in [-0.15, -0.1) is 0 Å². The van der Waals surface area contributed by atoms with Crippen LogP contribution in [0.2, 0.25) is 0 Å². The highest BCUT2D eigenvalue weighted by Gasteiger charge is 2.54. The molecule has 20 heavy (non-hydrogen) atoms. The highest BCUT2D eigenvalue weighted by Crippen LogP contribution is 2.55. The molecule has 102 valence electrons. The predicted molar refractivity (Wildman–Crippen MR) is 74.8 cm³/mol. The number of nitrogens with two attached hydrogens (primary N) is 1. The third-order valence-corrected chi connectivity index (χ3v) is 4.26. The van der Waals surface area contributed by atoms with Crippen LogP contribution in [-0.2, 0) is 0 Å². The highest BCUT2D eigenvalue weighted by atomic mass is 15.0. The zero-order valence-electron chi connectivity index (χ0n) is 11.2. The Hall–Kier alpha value is -2.08. The summed E-state index contributed by atoms with van der Waals surface area (Å²) in [6.45, 7) is 4.15. The third-order valence-electron chi connectivity index (χ3n) is 4.26. The maximum absolute atomic E-state index is 5.52. The molecule has 0 bridgehead atoms. The second-order valence-electron chi connectivity index (χ2n) is 5.57. The van der Waals surface area contributed by atoms with Crippen molar-refractivity contribution in [3.05, 3.63) is 30.0 Å². The number of rotatable bonds is 2. The molecular formula is C14H16N6. The summed E-state index contributed by atoms with van der Waals surface area (Å²) in [6.07, 6.45) is 3.42. The van der Waals surface area contributed by atoms with E-state index >= 15 is 0 Å². The van der Waals surface area contributed by atoms with Crippen LogP contribution in [0.25, 0.3) is 11.3 Å². The van der Waals surface area contributed by atoms with Gasteiger partial charge in [-0.2, -0.15) is 0 Å². The molecule has 6 nitrogen and oxygen atoms in total. The van der Waals surface area contributed by atoms with E-state index in [1.54, 1.807) is 12.4 Å². The van der Waals surface area contributed by atoms with Crippen molar-refractivity contribution in [1.82, 2.24) is 25.3 Å². The van der Waals surface area contributed by atoms with E-state index in [1.165, 1.54) is 0 Å². The van der Waals surface area contributed by atoms with E-state index in [4.69, 9.17) is 5.73 Å². The van der Waals surface area contributed by atoms with Crippen molar-refractivity contribution >= 4 is 5.95 Å². The highest BCUT2D eigenvalue weighted by molar-refractivity contribution is 5.58. The van der Waals surface area contributed by atoms with Gasteiger partial charge in [0.15, 0.2) is 0 Å². The quantitative estimate of drug-likeness (QED) is 0.835. The first-order chi connectivity index (χ1) is 9.72. The van der Waals surface area contributed by atoms with Crippen molar-refractivity contribution in [3.8, 4) is 11.3 Å².